The number of methoxy groups -OCH3 is 2. The molecule has 0 atom stereocenters. The Kier molecular flexibility index (Phi) is 4.57. The highest BCUT2D eigenvalue weighted by atomic mass is 16.5. The molecule has 2 aromatic carbocycles. The van der Waals surface area contributed by atoms with Crippen LogP contribution in [0.15, 0.2) is 48.9 Å². The number of rotatable bonds is 5. The highest BCUT2D eigenvalue weighted by molar-refractivity contribution is 5.89. The SMILES string of the molecule is COc1ccc(Nc2ncnc3c2cnn3-c2ccc(C)cc2C)c(OC)c1. The molecule has 0 spiro atoms. The van der Waals surface area contributed by atoms with Crippen molar-refractivity contribution in [3.63, 3.8) is 0 Å². The second-order valence-corrected chi connectivity index (χ2v) is 6.50. The third-order valence-corrected chi connectivity index (χ3v) is 4.61. The van der Waals surface area contributed by atoms with E-state index in [9.17, 15) is 0 Å². The zero-order chi connectivity index (χ0) is 19.7. The normalized spacial score (nSPS) is 10.9. The maximum absolute atomic E-state index is 5.47. The Hall–Kier alpha value is -3.61. The molecule has 7 nitrogen and oxygen atoms in total. The van der Waals surface area contributed by atoms with Gasteiger partial charge < -0.3 is 14.8 Å². The summed E-state index contributed by atoms with van der Waals surface area (Å²) in [6, 6.07) is 11.8. The first kappa shape index (κ1) is 17.8. The van der Waals surface area contributed by atoms with Crippen molar-refractivity contribution in [2.24, 2.45) is 0 Å². The smallest absolute Gasteiger partial charge is 0.168 e. The van der Waals surface area contributed by atoms with Gasteiger partial charge in [-0.05, 0) is 37.6 Å². The third-order valence-electron chi connectivity index (χ3n) is 4.61. The Morgan fingerprint density at radius 1 is 0.964 bits per heavy atom. The number of fused-ring (bicyclic) bond motifs is 1. The number of nitrogens with one attached hydrogen (secondary N) is 1. The van der Waals surface area contributed by atoms with E-state index in [4.69, 9.17) is 9.47 Å². The molecule has 0 aliphatic carbocycles. The molecule has 4 aromatic rings. The molecule has 0 saturated carbocycles. The van der Waals surface area contributed by atoms with Crippen LogP contribution in [0.2, 0.25) is 0 Å². The molecule has 7 heteroatoms. The van der Waals surface area contributed by atoms with Crippen LogP contribution in [0.4, 0.5) is 11.5 Å². The fraction of sp³-hybridized carbons (Fsp3) is 0.190. The Morgan fingerprint density at radius 3 is 2.57 bits per heavy atom. The van der Waals surface area contributed by atoms with Crippen molar-refractivity contribution < 1.29 is 9.47 Å². The predicted octanol–water partition coefficient (Wildman–Crippen LogP) is 4.19. The average Bonchev–Trinajstić information content (AvgIpc) is 3.13. The van der Waals surface area contributed by atoms with Gasteiger partial charge in [-0.1, -0.05) is 17.7 Å². The van der Waals surface area contributed by atoms with Gasteiger partial charge in [0.2, 0.25) is 0 Å². The average molecular weight is 375 g/mol. The molecule has 0 amide bonds. The van der Waals surface area contributed by atoms with E-state index < -0.39 is 0 Å². The Labute approximate surface area is 163 Å². The van der Waals surface area contributed by atoms with E-state index in [0.717, 1.165) is 33.7 Å². The monoisotopic (exact) mass is 375 g/mol. The van der Waals surface area contributed by atoms with Crippen LogP contribution in [0.5, 0.6) is 11.5 Å². The minimum Gasteiger partial charge on any atom is -0.497 e. The van der Waals surface area contributed by atoms with Gasteiger partial charge in [-0.3, -0.25) is 0 Å². The van der Waals surface area contributed by atoms with Crippen molar-refractivity contribution in [1.82, 2.24) is 19.7 Å². The Balaban J connectivity index is 1.77. The van der Waals surface area contributed by atoms with Crippen LogP contribution >= 0.6 is 0 Å². The van der Waals surface area contributed by atoms with Gasteiger partial charge in [0.05, 0.1) is 37.2 Å². The van der Waals surface area contributed by atoms with Crippen molar-refractivity contribution in [2.75, 3.05) is 19.5 Å². The molecule has 0 radical (unpaired) electrons. The van der Waals surface area contributed by atoms with Gasteiger partial charge in [0.25, 0.3) is 0 Å². The van der Waals surface area contributed by atoms with E-state index in [1.807, 2.05) is 22.9 Å². The topological polar surface area (TPSA) is 74.1 Å². The van der Waals surface area contributed by atoms with E-state index in [-0.39, 0.29) is 0 Å². The van der Waals surface area contributed by atoms with Gasteiger partial charge in [0.1, 0.15) is 23.6 Å². The van der Waals surface area contributed by atoms with Gasteiger partial charge in [-0.25, -0.2) is 14.6 Å². The summed E-state index contributed by atoms with van der Waals surface area (Å²) in [6.45, 7) is 4.14. The molecule has 0 unspecified atom stereocenters. The van der Waals surface area contributed by atoms with Crippen LogP contribution in [0.1, 0.15) is 11.1 Å². The summed E-state index contributed by atoms with van der Waals surface area (Å²) < 4.78 is 12.6. The molecule has 0 saturated heterocycles. The molecule has 0 aliphatic rings. The number of anilines is 2. The lowest BCUT2D eigenvalue weighted by atomic mass is 10.1. The second kappa shape index (κ2) is 7.19. The second-order valence-electron chi connectivity index (χ2n) is 6.50. The maximum atomic E-state index is 5.47. The molecule has 4 rings (SSSR count). The molecule has 2 heterocycles. The minimum atomic E-state index is 0.657. The van der Waals surface area contributed by atoms with Gasteiger partial charge in [-0.15, -0.1) is 0 Å². The van der Waals surface area contributed by atoms with Gasteiger partial charge >= 0.3 is 0 Å². The van der Waals surface area contributed by atoms with Crippen LogP contribution < -0.4 is 14.8 Å². The van der Waals surface area contributed by atoms with Crippen molar-refractivity contribution in [3.8, 4) is 17.2 Å². The van der Waals surface area contributed by atoms with E-state index in [0.29, 0.717) is 11.6 Å². The van der Waals surface area contributed by atoms with E-state index >= 15 is 0 Å². The summed E-state index contributed by atoms with van der Waals surface area (Å²) in [5.41, 5.74) is 4.85. The first-order valence-corrected chi connectivity index (χ1v) is 8.86. The summed E-state index contributed by atoms with van der Waals surface area (Å²) in [4.78, 5) is 8.85. The largest absolute Gasteiger partial charge is 0.497 e. The first-order valence-electron chi connectivity index (χ1n) is 8.86. The number of hydrogen-bond donors (Lipinski definition) is 1. The highest BCUT2D eigenvalue weighted by Crippen LogP contribution is 2.33. The molecule has 0 bridgehead atoms. The van der Waals surface area contributed by atoms with Crippen molar-refractivity contribution in [2.45, 2.75) is 13.8 Å². The summed E-state index contributed by atoms with van der Waals surface area (Å²) in [6.07, 6.45) is 3.30. The lowest BCUT2D eigenvalue weighted by molar-refractivity contribution is 0.395. The van der Waals surface area contributed by atoms with Crippen LogP contribution in [-0.2, 0) is 0 Å². The molecule has 1 N–H and O–H groups in total. The van der Waals surface area contributed by atoms with Gasteiger partial charge in [0, 0.05) is 6.07 Å². The maximum Gasteiger partial charge on any atom is 0.168 e. The molecule has 2 aromatic heterocycles. The highest BCUT2D eigenvalue weighted by Gasteiger charge is 2.14. The van der Waals surface area contributed by atoms with Crippen LogP contribution in [-0.4, -0.2) is 34.0 Å². The quantitative estimate of drug-likeness (QED) is 0.564. The molecular weight excluding hydrogens is 354 g/mol. The van der Waals surface area contributed by atoms with E-state index in [1.165, 1.54) is 11.9 Å². The zero-order valence-corrected chi connectivity index (χ0v) is 16.2. The van der Waals surface area contributed by atoms with Crippen LogP contribution in [0.3, 0.4) is 0 Å². The van der Waals surface area contributed by atoms with Crippen molar-refractivity contribution in [1.29, 1.82) is 0 Å². The number of nitrogens with zero attached hydrogens (tertiary/aromatic N) is 4. The van der Waals surface area contributed by atoms with E-state index in [2.05, 4.69) is 52.4 Å². The van der Waals surface area contributed by atoms with E-state index in [1.54, 1.807) is 20.4 Å². The summed E-state index contributed by atoms with van der Waals surface area (Å²) in [5, 5.41) is 8.69. The Bertz CT molecular complexity index is 1150. The summed E-state index contributed by atoms with van der Waals surface area (Å²) in [5.74, 6) is 2.04. The molecule has 0 aliphatic heterocycles. The number of benzene rings is 2. The zero-order valence-electron chi connectivity index (χ0n) is 16.2. The number of aryl methyl sites for hydroxylation is 2. The summed E-state index contributed by atoms with van der Waals surface area (Å²) in [7, 11) is 3.24. The van der Waals surface area contributed by atoms with Crippen LogP contribution in [0.25, 0.3) is 16.7 Å². The van der Waals surface area contributed by atoms with Crippen molar-refractivity contribution in [3.05, 3.63) is 60.0 Å². The van der Waals surface area contributed by atoms with Gasteiger partial charge in [-0.2, -0.15) is 5.10 Å². The fourth-order valence-electron chi connectivity index (χ4n) is 3.19. The Morgan fingerprint density at radius 2 is 1.82 bits per heavy atom. The summed E-state index contributed by atoms with van der Waals surface area (Å²) >= 11 is 0. The number of hydrogen-bond acceptors (Lipinski definition) is 6. The number of ether oxygens (including phenoxy) is 2. The lowest BCUT2D eigenvalue weighted by Crippen LogP contribution is -2.02. The lowest BCUT2D eigenvalue weighted by Gasteiger charge is -2.12. The first-order chi connectivity index (χ1) is 13.6. The number of aromatic nitrogens is 4. The third kappa shape index (κ3) is 3.11. The molecule has 28 heavy (non-hydrogen) atoms. The van der Waals surface area contributed by atoms with Crippen LogP contribution in [0, 0.1) is 13.8 Å². The predicted molar refractivity (Wildman–Crippen MR) is 109 cm³/mol. The van der Waals surface area contributed by atoms with Gasteiger partial charge in [0.15, 0.2) is 5.65 Å². The molecule has 142 valence electrons. The fourth-order valence-corrected chi connectivity index (χ4v) is 3.19. The standard InChI is InChI=1S/C21H21N5O2/c1-13-5-8-18(14(2)9-13)26-21-16(11-24-26)20(22-12-23-21)25-17-7-6-15(27-3)10-19(17)28-4/h5-12H,1-4H3,(H,22,23,25). The van der Waals surface area contributed by atoms with Crippen molar-refractivity contribution >= 4 is 22.5 Å². The molecular formula is C21H21N5O2. The molecule has 0 fully saturated rings. The minimum absolute atomic E-state index is 0.657.